The monoisotopic (exact) mass is 569 g/mol. The molecule has 41 heavy (non-hydrogen) atoms. The molecule has 2 aromatic rings. The Bertz CT molecular complexity index is 1330. The first-order valence-electron chi connectivity index (χ1n) is 13.2. The molecule has 0 aliphatic heterocycles. The van der Waals surface area contributed by atoms with Crippen molar-refractivity contribution in [2.24, 2.45) is 11.7 Å². The molecule has 1 aliphatic carbocycles. The fourth-order valence-corrected chi connectivity index (χ4v) is 3.93. The normalized spacial score (nSPS) is 16.9. The van der Waals surface area contributed by atoms with Crippen LogP contribution in [0.15, 0.2) is 30.5 Å². The van der Waals surface area contributed by atoms with E-state index in [9.17, 15) is 19.2 Å². The van der Waals surface area contributed by atoms with Crippen molar-refractivity contribution >= 4 is 29.8 Å². The molecule has 2 amide bonds. The maximum Gasteiger partial charge on any atom is 0.514 e. The van der Waals surface area contributed by atoms with Crippen LogP contribution in [0.4, 0.5) is 19.8 Å². The summed E-state index contributed by atoms with van der Waals surface area (Å²) in [5.41, 5.74) is 6.08. The number of anilines is 1. The van der Waals surface area contributed by atoms with E-state index in [1.54, 1.807) is 6.92 Å². The highest BCUT2D eigenvalue weighted by Crippen LogP contribution is 2.47. The predicted molar refractivity (Wildman–Crippen MR) is 144 cm³/mol. The molecule has 1 aromatic heterocycles. The largest absolute Gasteiger partial charge is 0.514 e. The van der Waals surface area contributed by atoms with Crippen molar-refractivity contribution in [1.29, 1.82) is 5.26 Å². The minimum absolute atomic E-state index is 0.0105. The van der Waals surface area contributed by atoms with Crippen molar-refractivity contribution in [2.45, 2.75) is 58.0 Å². The van der Waals surface area contributed by atoms with Crippen molar-refractivity contribution in [3.8, 4) is 11.8 Å². The number of pyridine rings is 1. The number of amides is 2. The van der Waals surface area contributed by atoms with Crippen LogP contribution in [0.25, 0.3) is 0 Å². The van der Waals surface area contributed by atoms with Crippen LogP contribution in [0.2, 0.25) is 0 Å². The Kier molecular flexibility index (Phi) is 10.7. The lowest BCUT2D eigenvalue weighted by atomic mass is 10.00. The zero-order valence-electron chi connectivity index (χ0n) is 22.9. The zero-order chi connectivity index (χ0) is 30.1. The number of Topliss-reactive ketones (excluding diaryl/α,β-unsaturated/α-hetero) is 1. The number of hydrogen-bond acceptors (Lipinski definition) is 10. The van der Waals surface area contributed by atoms with Crippen LogP contribution in [-0.2, 0) is 14.3 Å². The van der Waals surface area contributed by atoms with Gasteiger partial charge in [0, 0.05) is 30.1 Å². The highest BCUT2D eigenvalue weighted by molar-refractivity contribution is 5.99. The van der Waals surface area contributed by atoms with Crippen LogP contribution in [0.5, 0.6) is 5.75 Å². The van der Waals surface area contributed by atoms with Gasteiger partial charge in [-0.2, -0.15) is 5.26 Å². The molecule has 2 unspecified atom stereocenters. The number of carbonyl (C=O) groups is 4. The summed E-state index contributed by atoms with van der Waals surface area (Å²) < 4.78 is 30.4. The SMILES string of the molecule is CCC(=O)c1ccc(F)c([C@@H]2C[C@@H]2NC(=O)Nc2ccc(C#N)cn2)c1OC(=O)OCCOC(=O)C(N)C(C)CC. The van der Waals surface area contributed by atoms with Crippen LogP contribution in [0.3, 0.4) is 0 Å². The van der Waals surface area contributed by atoms with Gasteiger partial charge >= 0.3 is 18.2 Å². The molecule has 4 N–H and O–H groups in total. The topological polar surface area (TPSA) is 183 Å². The van der Waals surface area contributed by atoms with E-state index in [4.69, 9.17) is 25.2 Å². The van der Waals surface area contributed by atoms with Gasteiger partial charge in [-0.1, -0.05) is 27.2 Å². The van der Waals surface area contributed by atoms with Gasteiger partial charge in [-0.15, -0.1) is 0 Å². The molecule has 4 atom stereocenters. The van der Waals surface area contributed by atoms with Crippen molar-refractivity contribution in [2.75, 3.05) is 18.5 Å². The number of benzene rings is 1. The quantitative estimate of drug-likeness (QED) is 0.147. The van der Waals surface area contributed by atoms with Crippen molar-refractivity contribution < 1.29 is 37.8 Å². The summed E-state index contributed by atoms with van der Waals surface area (Å²) in [7, 11) is 0. The molecular formula is C28H32FN5O7. The molecular weight excluding hydrogens is 537 g/mol. The number of rotatable bonds is 12. The first-order chi connectivity index (χ1) is 19.6. The van der Waals surface area contributed by atoms with Crippen LogP contribution in [-0.4, -0.2) is 54.2 Å². The zero-order valence-corrected chi connectivity index (χ0v) is 22.9. The number of ketones is 1. The van der Waals surface area contributed by atoms with E-state index in [-0.39, 0.29) is 48.2 Å². The second kappa shape index (κ2) is 14.2. The number of aromatic nitrogens is 1. The molecule has 218 valence electrons. The van der Waals surface area contributed by atoms with Crippen molar-refractivity contribution in [1.82, 2.24) is 10.3 Å². The van der Waals surface area contributed by atoms with Crippen LogP contribution >= 0.6 is 0 Å². The Morgan fingerprint density at radius 3 is 2.54 bits per heavy atom. The first-order valence-corrected chi connectivity index (χ1v) is 13.2. The fraction of sp³-hybridized carbons (Fsp3) is 0.429. The Morgan fingerprint density at radius 2 is 1.90 bits per heavy atom. The molecule has 1 aromatic carbocycles. The third-order valence-electron chi connectivity index (χ3n) is 6.64. The number of halogens is 1. The van der Waals surface area contributed by atoms with Crippen molar-refractivity contribution in [3.05, 3.63) is 53.0 Å². The number of nitrogens with zero attached hydrogens (tertiary/aromatic N) is 2. The third kappa shape index (κ3) is 8.21. The fourth-order valence-electron chi connectivity index (χ4n) is 3.93. The minimum Gasteiger partial charge on any atom is -0.461 e. The highest BCUT2D eigenvalue weighted by atomic mass is 19.1. The average molecular weight is 570 g/mol. The lowest BCUT2D eigenvalue weighted by Gasteiger charge is -2.17. The average Bonchev–Trinajstić information content (AvgIpc) is 3.72. The van der Waals surface area contributed by atoms with Crippen LogP contribution in [0, 0.1) is 23.1 Å². The molecule has 1 heterocycles. The first kappa shape index (κ1) is 31.0. The van der Waals surface area contributed by atoms with Crippen LogP contribution in [0.1, 0.15) is 67.4 Å². The molecule has 1 aliphatic rings. The van der Waals surface area contributed by atoms with E-state index in [0.29, 0.717) is 18.4 Å². The van der Waals surface area contributed by atoms with Gasteiger partial charge in [-0.3, -0.25) is 14.9 Å². The second-order valence-corrected chi connectivity index (χ2v) is 9.48. The Balaban J connectivity index is 1.65. The molecule has 13 heteroatoms. The molecule has 0 saturated heterocycles. The number of nitriles is 1. The van der Waals surface area contributed by atoms with Gasteiger partial charge in [0.05, 0.1) is 11.1 Å². The maximum atomic E-state index is 15.1. The summed E-state index contributed by atoms with van der Waals surface area (Å²) in [6, 6.07) is 5.25. The lowest BCUT2D eigenvalue weighted by Crippen LogP contribution is -2.38. The van der Waals surface area contributed by atoms with E-state index in [0.717, 1.165) is 6.07 Å². The van der Waals surface area contributed by atoms with E-state index < -0.39 is 47.8 Å². The van der Waals surface area contributed by atoms with Gasteiger partial charge in [-0.05, 0) is 36.6 Å². The number of nitrogens with one attached hydrogen (secondary N) is 2. The summed E-state index contributed by atoms with van der Waals surface area (Å²) in [4.78, 5) is 53.4. The number of ether oxygens (including phenoxy) is 3. The summed E-state index contributed by atoms with van der Waals surface area (Å²) in [5, 5.41) is 14.1. The highest BCUT2D eigenvalue weighted by Gasteiger charge is 2.44. The van der Waals surface area contributed by atoms with Gasteiger partial charge in [0.25, 0.3) is 0 Å². The van der Waals surface area contributed by atoms with Gasteiger partial charge < -0.3 is 25.3 Å². The molecule has 0 spiro atoms. The number of nitrogens with two attached hydrogens (primary N) is 1. The van der Waals surface area contributed by atoms with Gasteiger partial charge in [-0.25, -0.2) is 19.0 Å². The van der Waals surface area contributed by atoms with E-state index in [1.165, 1.54) is 24.4 Å². The Hall–Kier alpha value is -4.57. The van der Waals surface area contributed by atoms with Crippen molar-refractivity contribution in [3.63, 3.8) is 0 Å². The van der Waals surface area contributed by atoms with Crippen LogP contribution < -0.4 is 21.1 Å². The molecule has 1 saturated carbocycles. The maximum absolute atomic E-state index is 15.1. The Morgan fingerprint density at radius 1 is 1.17 bits per heavy atom. The Labute approximate surface area is 236 Å². The summed E-state index contributed by atoms with van der Waals surface area (Å²) in [6.45, 7) is 4.68. The van der Waals surface area contributed by atoms with E-state index in [2.05, 4.69) is 15.6 Å². The number of carbonyl (C=O) groups excluding carboxylic acids is 4. The number of urea groups is 1. The smallest absolute Gasteiger partial charge is 0.461 e. The molecule has 12 nitrogen and oxygen atoms in total. The van der Waals surface area contributed by atoms with Gasteiger partial charge in [0.15, 0.2) is 11.5 Å². The summed E-state index contributed by atoms with van der Waals surface area (Å²) in [5.74, 6) is -2.51. The van der Waals surface area contributed by atoms with E-state index >= 15 is 4.39 Å². The molecule has 1 fully saturated rings. The minimum atomic E-state index is -1.22. The lowest BCUT2D eigenvalue weighted by molar-refractivity contribution is -0.147. The standard InChI is InChI=1S/C28H32FN5O7/c1-4-15(3)24(31)26(36)39-10-11-40-28(38)41-25-17(21(35)5-2)7-8-19(29)23(25)18-12-20(18)33-27(37)34-22-9-6-16(13-30)14-32-22/h6-9,14-15,18,20,24H,4-5,10-12,31H2,1-3H3,(H2,32,33,34,37)/t15?,18-,20+,24?/m1/s1. The van der Waals surface area contributed by atoms with Gasteiger partial charge in [0.2, 0.25) is 0 Å². The van der Waals surface area contributed by atoms with Gasteiger partial charge in [0.1, 0.15) is 37.0 Å². The van der Waals surface area contributed by atoms with E-state index in [1.807, 2.05) is 19.9 Å². The third-order valence-corrected chi connectivity index (χ3v) is 6.64. The molecule has 0 bridgehead atoms. The number of hydrogen-bond donors (Lipinski definition) is 3. The summed E-state index contributed by atoms with van der Waals surface area (Å²) >= 11 is 0. The summed E-state index contributed by atoms with van der Waals surface area (Å²) in [6.07, 6.45) is 1.14. The predicted octanol–water partition coefficient (Wildman–Crippen LogP) is 3.79. The molecule has 0 radical (unpaired) electrons. The molecule has 3 rings (SSSR count). The second-order valence-electron chi connectivity index (χ2n) is 9.48. The number of esters is 1.